The van der Waals surface area contributed by atoms with Gasteiger partial charge in [0.1, 0.15) is 5.82 Å². The molecule has 1 atom stereocenters. The van der Waals surface area contributed by atoms with Gasteiger partial charge in [-0.25, -0.2) is 9.48 Å². The molecule has 1 unspecified atom stereocenters. The summed E-state index contributed by atoms with van der Waals surface area (Å²) in [6, 6.07) is 0. The Morgan fingerprint density at radius 2 is 2.11 bits per heavy atom. The fourth-order valence-electron chi connectivity index (χ4n) is 2.09. The fraction of sp³-hybridized carbons (Fsp3) is 0.800. The number of fused-ring (bicyclic) bond motifs is 1. The van der Waals surface area contributed by atoms with Crippen molar-refractivity contribution in [3.63, 3.8) is 0 Å². The second-order valence-corrected chi connectivity index (χ2v) is 4.46. The van der Waals surface area contributed by atoms with Crippen LogP contribution in [0.1, 0.15) is 18.7 Å². The molecule has 0 radical (unpaired) electrons. The number of halogens is 3. The lowest BCUT2D eigenvalue weighted by Gasteiger charge is -2.17. The van der Waals surface area contributed by atoms with Crippen LogP contribution >= 0.6 is 0 Å². The maximum absolute atomic E-state index is 12.6. The fourth-order valence-corrected chi connectivity index (χ4v) is 2.09. The standard InChI is InChI=1S/C10H15F3N4O/c11-10(12,13)7(5-14)6-17-9(18)16-4-2-1-3-8(16)15-17/h7H,1-6,14H2. The van der Waals surface area contributed by atoms with Crippen molar-refractivity contribution in [2.24, 2.45) is 11.7 Å². The van der Waals surface area contributed by atoms with Gasteiger partial charge in [-0.3, -0.25) is 4.57 Å². The quantitative estimate of drug-likeness (QED) is 0.865. The first-order valence-corrected chi connectivity index (χ1v) is 5.86. The Morgan fingerprint density at radius 1 is 1.39 bits per heavy atom. The molecule has 0 spiro atoms. The number of nitrogens with zero attached hydrogens (tertiary/aromatic N) is 3. The second kappa shape index (κ2) is 4.75. The lowest BCUT2D eigenvalue weighted by atomic mass is 10.1. The highest BCUT2D eigenvalue weighted by Gasteiger charge is 2.39. The summed E-state index contributed by atoms with van der Waals surface area (Å²) in [6.45, 7) is -0.509. The van der Waals surface area contributed by atoms with Gasteiger partial charge in [-0.05, 0) is 12.8 Å². The van der Waals surface area contributed by atoms with Crippen LogP contribution in [0.4, 0.5) is 13.2 Å². The molecule has 8 heteroatoms. The summed E-state index contributed by atoms with van der Waals surface area (Å²) in [7, 11) is 0. The summed E-state index contributed by atoms with van der Waals surface area (Å²) in [4.78, 5) is 11.8. The first-order valence-electron chi connectivity index (χ1n) is 5.86. The van der Waals surface area contributed by atoms with Crippen LogP contribution in [-0.4, -0.2) is 27.1 Å². The van der Waals surface area contributed by atoms with E-state index in [4.69, 9.17) is 5.73 Å². The van der Waals surface area contributed by atoms with Crippen molar-refractivity contribution in [3.05, 3.63) is 16.3 Å². The van der Waals surface area contributed by atoms with Gasteiger partial charge < -0.3 is 5.73 Å². The average molecular weight is 264 g/mol. The number of alkyl halides is 3. The predicted molar refractivity (Wildman–Crippen MR) is 58.0 cm³/mol. The first kappa shape index (κ1) is 13.1. The average Bonchev–Trinajstić information content (AvgIpc) is 2.62. The van der Waals surface area contributed by atoms with Crippen molar-refractivity contribution in [3.8, 4) is 0 Å². The van der Waals surface area contributed by atoms with E-state index in [0.717, 1.165) is 17.5 Å². The molecule has 18 heavy (non-hydrogen) atoms. The van der Waals surface area contributed by atoms with E-state index in [0.29, 0.717) is 18.8 Å². The molecule has 2 rings (SSSR count). The molecular formula is C10H15F3N4O. The van der Waals surface area contributed by atoms with Gasteiger partial charge in [0.2, 0.25) is 0 Å². The normalized spacial score (nSPS) is 17.6. The van der Waals surface area contributed by atoms with Crippen LogP contribution in [0.2, 0.25) is 0 Å². The second-order valence-electron chi connectivity index (χ2n) is 4.46. The van der Waals surface area contributed by atoms with Gasteiger partial charge in [0, 0.05) is 19.5 Å². The number of hydrogen-bond donors (Lipinski definition) is 1. The molecule has 1 aliphatic heterocycles. The molecule has 0 saturated heterocycles. The van der Waals surface area contributed by atoms with E-state index < -0.39 is 30.9 Å². The molecule has 1 aromatic heterocycles. The van der Waals surface area contributed by atoms with Crippen molar-refractivity contribution in [1.82, 2.24) is 14.3 Å². The van der Waals surface area contributed by atoms with Gasteiger partial charge in [0.05, 0.1) is 12.5 Å². The van der Waals surface area contributed by atoms with Crippen LogP contribution in [0, 0.1) is 5.92 Å². The lowest BCUT2D eigenvalue weighted by molar-refractivity contribution is -0.175. The van der Waals surface area contributed by atoms with Crippen LogP contribution in [0.25, 0.3) is 0 Å². The van der Waals surface area contributed by atoms with Gasteiger partial charge in [-0.15, -0.1) is 0 Å². The zero-order valence-corrected chi connectivity index (χ0v) is 9.78. The monoisotopic (exact) mass is 264 g/mol. The molecule has 5 nitrogen and oxygen atoms in total. The van der Waals surface area contributed by atoms with Gasteiger partial charge >= 0.3 is 11.9 Å². The van der Waals surface area contributed by atoms with Gasteiger partial charge in [-0.1, -0.05) is 0 Å². The molecule has 0 saturated carbocycles. The summed E-state index contributed by atoms with van der Waals surface area (Å²) in [6.07, 6.45) is -1.99. The van der Waals surface area contributed by atoms with Gasteiger partial charge in [0.15, 0.2) is 0 Å². The molecule has 0 bridgehead atoms. The van der Waals surface area contributed by atoms with Crippen molar-refractivity contribution in [2.45, 2.75) is 38.5 Å². The highest BCUT2D eigenvalue weighted by atomic mass is 19.4. The molecule has 1 aliphatic rings. The molecular weight excluding hydrogens is 249 g/mol. The molecule has 2 heterocycles. The molecule has 102 valence electrons. The van der Waals surface area contributed by atoms with Crippen molar-refractivity contribution < 1.29 is 13.2 Å². The zero-order valence-electron chi connectivity index (χ0n) is 9.78. The van der Waals surface area contributed by atoms with Crippen LogP contribution in [0.3, 0.4) is 0 Å². The van der Waals surface area contributed by atoms with E-state index >= 15 is 0 Å². The van der Waals surface area contributed by atoms with Crippen molar-refractivity contribution in [2.75, 3.05) is 6.54 Å². The Hall–Kier alpha value is -1.31. The van der Waals surface area contributed by atoms with E-state index in [-0.39, 0.29) is 0 Å². The van der Waals surface area contributed by atoms with Crippen LogP contribution < -0.4 is 11.4 Å². The topological polar surface area (TPSA) is 65.8 Å². The van der Waals surface area contributed by atoms with E-state index in [2.05, 4.69) is 5.10 Å². The Balaban J connectivity index is 2.24. The number of hydrogen-bond acceptors (Lipinski definition) is 3. The molecule has 2 N–H and O–H groups in total. The Bertz CT molecular complexity index is 476. The largest absolute Gasteiger partial charge is 0.394 e. The minimum Gasteiger partial charge on any atom is -0.330 e. The SMILES string of the molecule is NCC(Cn1nc2n(c1=O)CCCC2)C(F)(F)F. The Morgan fingerprint density at radius 3 is 2.67 bits per heavy atom. The van der Waals surface area contributed by atoms with Crippen molar-refractivity contribution >= 4 is 0 Å². The number of aryl methyl sites for hydroxylation is 1. The third kappa shape index (κ3) is 2.43. The number of aromatic nitrogens is 3. The minimum atomic E-state index is -4.40. The smallest absolute Gasteiger partial charge is 0.330 e. The zero-order chi connectivity index (χ0) is 13.3. The highest BCUT2D eigenvalue weighted by molar-refractivity contribution is 4.91. The highest BCUT2D eigenvalue weighted by Crippen LogP contribution is 2.26. The number of rotatable bonds is 3. The van der Waals surface area contributed by atoms with Crippen LogP contribution in [0.15, 0.2) is 4.79 Å². The van der Waals surface area contributed by atoms with Gasteiger partial charge in [0.25, 0.3) is 0 Å². The van der Waals surface area contributed by atoms with Crippen molar-refractivity contribution in [1.29, 1.82) is 0 Å². The van der Waals surface area contributed by atoms with Crippen LogP contribution in [-0.2, 0) is 19.5 Å². The predicted octanol–water partition coefficient (Wildman–Crippen LogP) is 0.518. The molecule has 0 fully saturated rings. The first-order chi connectivity index (χ1) is 8.43. The molecule has 0 amide bonds. The summed E-state index contributed by atoms with van der Waals surface area (Å²) in [5.74, 6) is -1.16. The Kier molecular flexibility index (Phi) is 3.47. The Labute approximate surface area is 101 Å². The number of nitrogens with two attached hydrogens (primary N) is 1. The third-order valence-electron chi connectivity index (χ3n) is 3.17. The molecule has 1 aromatic rings. The lowest BCUT2D eigenvalue weighted by Crippen LogP contribution is -2.37. The minimum absolute atomic E-state index is 0.465. The van der Waals surface area contributed by atoms with Gasteiger partial charge in [-0.2, -0.15) is 18.3 Å². The van der Waals surface area contributed by atoms with E-state index in [1.807, 2.05) is 0 Å². The summed E-state index contributed by atoms with van der Waals surface area (Å²) >= 11 is 0. The summed E-state index contributed by atoms with van der Waals surface area (Å²) in [5.41, 5.74) is 4.64. The molecule has 0 aromatic carbocycles. The maximum Gasteiger partial charge on any atom is 0.394 e. The molecule has 0 aliphatic carbocycles. The summed E-state index contributed by atoms with van der Waals surface area (Å²) in [5, 5.41) is 3.96. The summed E-state index contributed by atoms with van der Waals surface area (Å²) < 4.78 is 40.1. The third-order valence-corrected chi connectivity index (χ3v) is 3.17. The van der Waals surface area contributed by atoms with Crippen LogP contribution in [0.5, 0.6) is 0 Å². The maximum atomic E-state index is 12.6. The van der Waals surface area contributed by atoms with E-state index in [1.165, 1.54) is 4.57 Å². The van der Waals surface area contributed by atoms with E-state index in [1.54, 1.807) is 0 Å². The van der Waals surface area contributed by atoms with E-state index in [9.17, 15) is 18.0 Å².